The molecule has 6 nitrogen and oxygen atoms in total. The van der Waals surface area contributed by atoms with Crippen molar-refractivity contribution in [3.8, 4) is 5.75 Å². The lowest BCUT2D eigenvalue weighted by Gasteiger charge is -2.11. The molecule has 1 atom stereocenters. The molecule has 0 spiro atoms. The van der Waals surface area contributed by atoms with Crippen molar-refractivity contribution in [2.24, 2.45) is 0 Å². The van der Waals surface area contributed by atoms with E-state index in [1.165, 1.54) is 0 Å². The Balaban J connectivity index is 2.09. The van der Waals surface area contributed by atoms with Crippen molar-refractivity contribution in [2.45, 2.75) is 40.2 Å². The Morgan fingerprint density at radius 2 is 2.04 bits per heavy atom. The average molecular weight is 333 g/mol. The number of amides is 1. The summed E-state index contributed by atoms with van der Waals surface area (Å²) < 4.78 is 16.1. The lowest BCUT2D eigenvalue weighted by Crippen LogP contribution is -2.35. The second kappa shape index (κ2) is 7.86. The molecule has 1 aromatic heterocycles. The minimum Gasteiger partial charge on any atom is -0.494 e. The quantitative estimate of drug-likeness (QED) is 0.787. The Labute approximate surface area is 141 Å². The van der Waals surface area contributed by atoms with Gasteiger partial charge in [-0.2, -0.15) is 0 Å². The number of nitrogens with one attached hydrogen (secondary N) is 1. The molecule has 6 heteroatoms. The molecule has 0 radical (unpaired) electrons. The standard InChI is InChI=1S/C18H23NO5/c1-5-11(3)19-16(20)10-23-18(21)17-12(4)14-9-13(22-6-2)7-8-15(14)24-17/h7-9,11H,5-6,10H2,1-4H3,(H,19,20)/t11-/m0/s1. The number of hydrogen-bond acceptors (Lipinski definition) is 5. The van der Waals surface area contributed by atoms with Crippen LogP contribution in [0, 0.1) is 6.92 Å². The van der Waals surface area contributed by atoms with Crippen LogP contribution in [0.1, 0.15) is 43.3 Å². The Bertz CT molecular complexity index is 734. The summed E-state index contributed by atoms with van der Waals surface area (Å²) in [5, 5.41) is 3.52. The number of furan rings is 1. The first-order valence-electron chi connectivity index (χ1n) is 8.08. The van der Waals surface area contributed by atoms with Gasteiger partial charge < -0.3 is 19.2 Å². The largest absolute Gasteiger partial charge is 0.494 e. The Morgan fingerprint density at radius 1 is 1.29 bits per heavy atom. The van der Waals surface area contributed by atoms with Crippen LogP contribution in [-0.4, -0.2) is 31.1 Å². The van der Waals surface area contributed by atoms with Crippen molar-refractivity contribution in [3.63, 3.8) is 0 Å². The first kappa shape index (κ1) is 17.8. The first-order valence-corrected chi connectivity index (χ1v) is 8.08. The molecular formula is C18H23NO5. The summed E-state index contributed by atoms with van der Waals surface area (Å²) >= 11 is 0. The van der Waals surface area contributed by atoms with E-state index in [1.54, 1.807) is 19.1 Å². The van der Waals surface area contributed by atoms with E-state index in [1.807, 2.05) is 26.8 Å². The van der Waals surface area contributed by atoms with Crippen LogP contribution in [0.4, 0.5) is 0 Å². The predicted molar refractivity (Wildman–Crippen MR) is 90.3 cm³/mol. The van der Waals surface area contributed by atoms with Crippen LogP contribution < -0.4 is 10.1 Å². The van der Waals surface area contributed by atoms with Crippen LogP contribution >= 0.6 is 0 Å². The highest BCUT2D eigenvalue weighted by Crippen LogP contribution is 2.29. The van der Waals surface area contributed by atoms with E-state index in [-0.39, 0.29) is 24.3 Å². The van der Waals surface area contributed by atoms with Gasteiger partial charge in [0.1, 0.15) is 11.3 Å². The zero-order valence-corrected chi connectivity index (χ0v) is 14.5. The Kier molecular flexibility index (Phi) is 5.84. The number of hydrogen-bond donors (Lipinski definition) is 1. The lowest BCUT2D eigenvalue weighted by molar-refractivity contribution is -0.124. The molecule has 2 rings (SSSR count). The van der Waals surface area contributed by atoms with Crippen LogP contribution in [0.15, 0.2) is 22.6 Å². The molecule has 0 saturated heterocycles. The Hall–Kier alpha value is -2.50. The topological polar surface area (TPSA) is 77.8 Å². The van der Waals surface area contributed by atoms with Gasteiger partial charge in [-0.3, -0.25) is 4.79 Å². The van der Waals surface area contributed by atoms with E-state index in [4.69, 9.17) is 13.9 Å². The fraction of sp³-hybridized carbons (Fsp3) is 0.444. The maximum Gasteiger partial charge on any atom is 0.375 e. The number of aryl methyl sites for hydroxylation is 1. The normalized spacial score (nSPS) is 12.0. The number of carbonyl (C=O) groups is 2. The molecule has 0 aliphatic heterocycles. The monoisotopic (exact) mass is 333 g/mol. The molecule has 1 aromatic carbocycles. The number of rotatable bonds is 7. The van der Waals surface area contributed by atoms with Gasteiger partial charge in [0.05, 0.1) is 6.61 Å². The number of esters is 1. The van der Waals surface area contributed by atoms with Crippen molar-refractivity contribution in [1.82, 2.24) is 5.32 Å². The molecule has 2 aromatic rings. The third-order valence-corrected chi connectivity index (χ3v) is 3.76. The summed E-state index contributed by atoms with van der Waals surface area (Å²) in [6.45, 7) is 7.76. The van der Waals surface area contributed by atoms with E-state index in [0.29, 0.717) is 23.5 Å². The molecule has 0 aliphatic rings. The number of carbonyl (C=O) groups excluding carboxylic acids is 2. The maximum atomic E-state index is 12.2. The van der Waals surface area contributed by atoms with Crippen molar-refractivity contribution in [2.75, 3.05) is 13.2 Å². The lowest BCUT2D eigenvalue weighted by atomic mass is 10.1. The molecule has 0 unspecified atom stereocenters. The molecule has 1 amide bonds. The van der Waals surface area contributed by atoms with Crippen molar-refractivity contribution < 1.29 is 23.5 Å². The summed E-state index contributed by atoms with van der Waals surface area (Å²) in [5.41, 5.74) is 1.24. The fourth-order valence-corrected chi connectivity index (χ4v) is 2.27. The predicted octanol–water partition coefficient (Wildman–Crippen LogP) is 3.21. The zero-order valence-electron chi connectivity index (χ0n) is 14.5. The van der Waals surface area contributed by atoms with Crippen LogP contribution in [0.25, 0.3) is 11.0 Å². The minimum atomic E-state index is -0.652. The van der Waals surface area contributed by atoms with Gasteiger partial charge in [0.15, 0.2) is 6.61 Å². The summed E-state index contributed by atoms with van der Waals surface area (Å²) in [7, 11) is 0. The molecule has 0 aliphatic carbocycles. The SMILES string of the molecule is CCOc1ccc2oc(C(=O)OCC(=O)N[C@@H](C)CC)c(C)c2c1. The average Bonchev–Trinajstić information content (AvgIpc) is 2.89. The van der Waals surface area contributed by atoms with E-state index >= 15 is 0 Å². The van der Waals surface area contributed by atoms with E-state index < -0.39 is 5.97 Å². The third-order valence-electron chi connectivity index (χ3n) is 3.76. The maximum absolute atomic E-state index is 12.2. The molecule has 0 bridgehead atoms. The van der Waals surface area contributed by atoms with Crippen LogP contribution in [0.5, 0.6) is 5.75 Å². The molecule has 1 N–H and O–H groups in total. The summed E-state index contributed by atoms with van der Waals surface area (Å²) in [5.74, 6) is -0.164. The highest BCUT2D eigenvalue weighted by atomic mass is 16.5. The van der Waals surface area contributed by atoms with Gasteiger partial charge in [-0.1, -0.05) is 6.92 Å². The van der Waals surface area contributed by atoms with Gasteiger partial charge in [0, 0.05) is 17.0 Å². The number of benzene rings is 1. The van der Waals surface area contributed by atoms with Gasteiger partial charge in [-0.15, -0.1) is 0 Å². The molecule has 0 saturated carbocycles. The van der Waals surface area contributed by atoms with Gasteiger partial charge >= 0.3 is 5.97 Å². The molecule has 130 valence electrons. The van der Waals surface area contributed by atoms with Crippen LogP contribution in [-0.2, 0) is 9.53 Å². The van der Waals surface area contributed by atoms with Gasteiger partial charge in [-0.25, -0.2) is 4.79 Å². The van der Waals surface area contributed by atoms with Gasteiger partial charge in [0.25, 0.3) is 5.91 Å². The van der Waals surface area contributed by atoms with Crippen molar-refractivity contribution in [1.29, 1.82) is 0 Å². The summed E-state index contributed by atoms with van der Waals surface area (Å²) in [6, 6.07) is 5.40. The molecular weight excluding hydrogens is 310 g/mol. The third kappa shape index (κ3) is 4.07. The van der Waals surface area contributed by atoms with E-state index in [2.05, 4.69) is 5.32 Å². The Morgan fingerprint density at radius 3 is 2.71 bits per heavy atom. The molecule has 24 heavy (non-hydrogen) atoms. The fourth-order valence-electron chi connectivity index (χ4n) is 2.27. The minimum absolute atomic E-state index is 0.0427. The first-order chi connectivity index (χ1) is 11.5. The zero-order chi connectivity index (χ0) is 17.7. The second-order valence-electron chi connectivity index (χ2n) is 5.60. The van der Waals surface area contributed by atoms with Gasteiger partial charge in [-0.05, 0) is 45.4 Å². The van der Waals surface area contributed by atoms with Crippen LogP contribution in [0.3, 0.4) is 0 Å². The van der Waals surface area contributed by atoms with Crippen molar-refractivity contribution in [3.05, 3.63) is 29.5 Å². The highest BCUT2D eigenvalue weighted by Gasteiger charge is 2.20. The number of ether oxygens (including phenoxy) is 2. The van der Waals surface area contributed by atoms with E-state index in [9.17, 15) is 9.59 Å². The molecule has 0 fully saturated rings. The van der Waals surface area contributed by atoms with Crippen LogP contribution in [0.2, 0.25) is 0 Å². The van der Waals surface area contributed by atoms with Gasteiger partial charge in [0.2, 0.25) is 5.76 Å². The smallest absolute Gasteiger partial charge is 0.375 e. The van der Waals surface area contributed by atoms with E-state index in [0.717, 1.165) is 11.8 Å². The summed E-state index contributed by atoms with van der Waals surface area (Å²) in [6.07, 6.45) is 0.810. The second-order valence-corrected chi connectivity index (χ2v) is 5.60. The summed E-state index contributed by atoms with van der Waals surface area (Å²) in [4.78, 5) is 23.9. The van der Waals surface area contributed by atoms with Crippen molar-refractivity contribution >= 4 is 22.8 Å². The molecule has 1 heterocycles. The highest BCUT2D eigenvalue weighted by molar-refractivity contribution is 5.97. The number of fused-ring (bicyclic) bond motifs is 1.